The molecule has 2 aromatic heterocycles. The van der Waals surface area contributed by atoms with E-state index < -0.39 is 11.9 Å². The van der Waals surface area contributed by atoms with Gasteiger partial charge in [0, 0.05) is 23.5 Å². The molecule has 0 aliphatic rings. The Morgan fingerprint density at radius 2 is 1.66 bits per heavy atom. The molecule has 10 nitrogen and oxygen atoms in total. The summed E-state index contributed by atoms with van der Waals surface area (Å²) in [6.07, 6.45) is 2.49. The van der Waals surface area contributed by atoms with Gasteiger partial charge in [-0.15, -0.1) is 5.10 Å². The van der Waals surface area contributed by atoms with Gasteiger partial charge in [0.25, 0.3) is 5.78 Å². The smallest absolute Gasteiger partial charge is 0.337 e. The lowest BCUT2D eigenvalue weighted by Gasteiger charge is -2.12. The fourth-order valence-corrected chi connectivity index (χ4v) is 3.61. The number of nitrogens with one attached hydrogen (secondary N) is 1. The van der Waals surface area contributed by atoms with Crippen LogP contribution in [-0.4, -0.2) is 57.9 Å². The summed E-state index contributed by atoms with van der Waals surface area (Å²) in [5, 5.41) is 7.77. The Morgan fingerprint density at radius 3 is 2.22 bits per heavy atom. The minimum Gasteiger partial charge on any atom is -0.465 e. The van der Waals surface area contributed by atoms with Crippen molar-refractivity contribution in [3.8, 4) is 0 Å². The van der Waals surface area contributed by atoms with E-state index in [1.165, 1.54) is 44.2 Å². The van der Waals surface area contributed by atoms with Gasteiger partial charge in [0.1, 0.15) is 0 Å². The van der Waals surface area contributed by atoms with Crippen LogP contribution in [0, 0.1) is 13.8 Å². The van der Waals surface area contributed by atoms with Crippen molar-refractivity contribution in [1.82, 2.24) is 19.6 Å². The normalized spacial score (nSPS) is 10.8. The number of rotatable bonds is 7. The lowest BCUT2D eigenvalue weighted by atomic mass is 10.1. The van der Waals surface area contributed by atoms with Gasteiger partial charge in [-0.05, 0) is 50.3 Å². The molecule has 1 N–H and O–H groups in total. The van der Waals surface area contributed by atoms with E-state index in [9.17, 15) is 14.4 Å². The number of thioether (sulfide) groups is 1. The summed E-state index contributed by atoms with van der Waals surface area (Å²) in [6.45, 7) is 3.78. The first-order chi connectivity index (χ1) is 15.3. The molecule has 1 amide bonds. The summed E-state index contributed by atoms with van der Waals surface area (Å²) in [5.74, 6) is -1.03. The number of fused-ring (bicyclic) bond motifs is 1. The summed E-state index contributed by atoms with van der Waals surface area (Å²) in [4.78, 5) is 45.3. The van der Waals surface area contributed by atoms with E-state index in [0.29, 0.717) is 23.0 Å². The van der Waals surface area contributed by atoms with Crippen molar-refractivity contribution >= 4 is 41.1 Å². The molecular formula is C21H23N5O5S. The minimum atomic E-state index is -0.630. The van der Waals surface area contributed by atoms with Gasteiger partial charge in [-0.1, -0.05) is 11.8 Å². The van der Waals surface area contributed by atoms with E-state index in [4.69, 9.17) is 9.47 Å². The van der Waals surface area contributed by atoms with Crippen LogP contribution in [-0.2, 0) is 20.7 Å². The maximum Gasteiger partial charge on any atom is 0.337 e. The molecule has 0 radical (unpaired) electrons. The van der Waals surface area contributed by atoms with Crippen molar-refractivity contribution in [3.63, 3.8) is 0 Å². The molecule has 0 bridgehead atoms. The van der Waals surface area contributed by atoms with Crippen molar-refractivity contribution in [1.29, 1.82) is 0 Å². The highest BCUT2D eigenvalue weighted by Crippen LogP contribution is 2.20. The Labute approximate surface area is 188 Å². The number of hydrogen-bond acceptors (Lipinski definition) is 9. The van der Waals surface area contributed by atoms with Gasteiger partial charge in [-0.2, -0.15) is 4.98 Å². The molecule has 0 saturated carbocycles. The maximum absolute atomic E-state index is 12.6. The van der Waals surface area contributed by atoms with E-state index in [1.807, 2.05) is 20.1 Å². The van der Waals surface area contributed by atoms with Crippen LogP contribution in [0.3, 0.4) is 0 Å². The van der Waals surface area contributed by atoms with Crippen LogP contribution in [0.5, 0.6) is 0 Å². The topological polar surface area (TPSA) is 125 Å². The number of esters is 2. The van der Waals surface area contributed by atoms with Crippen molar-refractivity contribution in [2.24, 2.45) is 0 Å². The fraction of sp³-hybridized carbons (Fsp3) is 0.333. The third kappa shape index (κ3) is 4.88. The largest absolute Gasteiger partial charge is 0.465 e. The zero-order valence-corrected chi connectivity index (χ0v) is 19.2. The Balaban J connectivity index is 1.79. The number of anilines is 1. The molecule has 0 fully saturated rings. The number of benzene rings is 1. The first-order valence-electron chi connectivity index (χ1n) is 9.65. The molecular weight excluding hydrogens is 434 g/mol. The van der Waals surface area contributed by atoms with E-state index >= 15 is 0 Å². The molecule has 3 aromatic rings. The Bertz CT molecular complexity index is 1170. The first kappa shape index (κ1) is 23.2. The van der Waals surface area contributed by atoms with Gasteiger partial charge in [-0.3, -0.25) is 4.79 Å². The number of carbonyl (C=O) groups excluding carboxylic acids is 3. The number of ether oxygens (including phenoxy) is 2. The van der Waals surface area contributed by atoms with Gasteiger partial charge in [-0.25, -0.2) is 19.1 Å². The van der Waals surface area contributed by atoms with Crippen molar-refractivity contribution in [2.45, 2.75) is 31.8 Å². The quantitative estimate of drug-likeness (QED) is 0.421. The minimum absolute atomic E-state index is 0.128. The molecule has 11 heteroatoms. The molecule has 0 aliphatic carbocycles. The standard InChI is InChI=1S/C21H23N5O5S/c1-11-16(12(2)26-20(22-11)24-21(25-26)32-5)6-7-17(27)23-15-9-13(18(28)30-3)8-14(10-15)19(29)31-4/h8-10H,6-7H2,1-5H3,(H,23,27). The number of aryl methyl sites for hydroxylation is 2. The van der Waals surface area contributed by atoms with Gasteiger partial charge in [0.05, 0.1) is 25.3 Å². The summed E-state index contributed by atoms with van der Waals surface area (Å²) in [6, 6.07) is 4.24. The number of nitrogens with zero attached hydrogens (tertiary/aromatic N) is 4. The Morgan fingerprint density at radius 1 is 1.03 bits per heavy atom. The van der Waals surface area contributed by atoms with E-state index in [1.54, 1.807) is 4.52 Å². The zero-order valence-electron chi connectivity index (χ0n) is 18.4. The molecule has 0 spiro atoms. The fourth-order valence-electron chi connectivity index (χ4n) is 3.27. The molecule has 3 rings (SSSR count). The number of methoxy groups -OCH3 is 2. The van der Waals surface area contributed by atoms with Crippen LogP contribution >= 0.6 is 11.8 Å². The number of carbonyl (C=O) groups is 3. The Hall–Kier alpha value is -3.47. The predicted molar refractivity (Wildman–Crippen MR) is 118 cm³/mol. The maximum atomic E-state index is 12.6. The second-order valence-corrected chi connectivity index (χ2v) is 7.68. The lowest BCUT2D eigenvalue weighted by Crippen LogP contribution is -2.16. The molecule has 0 unspecified atom stereocenters. The zero-order chi connectivity index (χ0) is 23.4. The number of hydrogen-bond donors (Lipinski definition) is 1. The second kappa shape index (κ2) is 9.77. The SMILES string of the molecule is COC(=O)c1cc(NC(=O)CCc2c(C)nc3nc(SC)nn3c2C)cc(C(=O)OC)c1. The highest BCUT2D eigenvalue weighted by molar-refractivity contribution is 7.98. The predicted octanol–water partition coefficient (Wildman–Crippen LogP) is 2.61. The van der Waals surface area contributed by atoms with Crippen molar-refractivity contribution < 1.29 is 23.9 Å². The van der Waals surface area contributed by atoms with Crippen LogP contribution in [0.4, 0.5) is 5.69 Å². The first-order valence-corrected chi connectivity index (χ1v) is 10.9. The summed E-state index contributed by atoms with van der Waals surface area (Å²) in [7, 11) is 2.47. The summed E-state index contributed by atoms with van der Waals surface area (Å²) >= 11 is 1.43. The molecule has 0 atom stereocenters. The van der Waals surface area contributed by atoms with Gasteiger partial charge >= 0.3 is 11.9 Å². The summed E-state index contributed by atoms with van der Waals surface area (Å²) < 4.78 is 11.1. The third-order valence-electron chi connectivity index (χ3n) is 4.87. The average Bonchev–Trinajstić information content (AvgIpc) is 3.20. The number of amides is 1. The van der Waals surface area contributed by atoms with Gasteiger partial charge in [0.2, 0.25) is 11.1 Å². The van der Waals surface area contributed by atoms with Crippen LogP contribution < -0.4 is 5.32 Å². The monoisotopic (exact) mass is 457 g/mol. The molecule has 32 heavy (non-hydrogen) atoms. The van der Waals surface area contributed by atoms with Crippen molar-refractivity contribution in [2.75, 3.05) is 25.8 Å². The lowest BCUT2D eigenvalue weighted by molar-refractivity contribution is -0.116. The highest BCUT2D eigenvalue weighted by atomic mass is 32.2. The van der Waals surface area contributed by atoms with Crippen LogP contribution in [0.15, 0.2) is 23.4 Å². The van der Waals surface area contributed by atoms with E-state index in [0.717, 1.165) is 17.0 Å². The van der Waals surface area contributed by atoms with E-state index in [-0.39, 0.29) is 23.5 Å². The molecule has 0 aliphatic heterocycles. The molecule has 0 saturated heterocycles. The highest BCUT2D eigenvalue weighted by Gasteiger charge is 2.17. The summed E-state index contributed by atoms with van der Waals surface area (Å²) in [5.41, 5.74) is 3.10. The van der Waals surface area contributed by atoms with Gasteiger partial charge < -0.3 is 14.8 Å². The van der Waals surface area contributed by atoms with Crippen molar-refractivity contribution in [3.05, 3.63) is 46.3 Å². The van der Waals surface area contributed by atoms with Crippen LogP contribution in [0.2, 0.25) is 0 Å². The van der Waals surface area contributed by atoms with Gasteiger partial charge in [0.15, 0.2) is 0 Å². The molecule has 168 valence electrons. The Kier molecular flexibility index (Phi) is 7.08. The third-order valence-corrected chi connectivity index (χ3v) is 5.41. The number of aromatic nitrogens is 4. The average molecular weight is 458 g/mol. The second-order valence-electron chi connectivity index (χ2n) is 6.90. The molecule has 1 aromatic carbocycles. The van der Waals surface area contributed by atoms with Crippen LogP contribution in [0.1, 0.15) is 44.1 Å². The van der Waals surface area contributed by atoms with E-state index in [2.05, 4.69) is 20.4 Å². The molecule has 2 heterocycles. The van der Waals surface area contributed by atoms with Crippen LogP contribution in [0.25, 0.3) is 5.78 Å².